The molecule has 1 amide bonds. The average molecular weight is 468 g/mol. The smallest absolute Gasteiger partial charge is 0.284 e. The van der Waals surface area contributed by atoms with E-state index in [0.717, 1.165) is 22.7 Å². The van der Waals surface area contributed by atoms with Gasteiger partial charge in [-0.3, -0.25) is 9.69 Å². The van der Waals surface area contributed by atoms with E-state index in [0.29, 0.717) is 30.2 Å². The van der Waals surface area contributed by atoms with Gasteiger partial charge in [0.05, 0.1) is 21.0 Å². The number of carbonyl (C=O) groups is 1. The number of fused-ring (bicyclic) bond motifs is 1. The van der Waals surface area contributed by atoms with Crippen LogP contribution in [0.5, 0.6) is 0 Å². The van der Waals surface area contributed by atoms with Crippen LogP contribution in [-0.4, -0.2) is 49.6 Å². The van der Waals surface area contributed by atoms with E-state index in [1.54, 1.807) is 31.4 Å². The Labute approximate surface area is 190 Å². The summed E-state index contributed by atoms with van der Waals surface area (Å²) in [7, 11) is -2.38. The molecule has 4 rings (SSSR count). The largest absolute Gasteiger partial charge is 0.385 e. The number of amidine groups is 1. The Morgan fingerprint density at radius 1 is 1.06 bits per heavy atom. The third kappa shape index (κ3) is 4.90. The van der Waals surface area contributed by atoms with E-state index < -0.39 is 10.0 Å². The topological polar surface area (TPSA) is 88.9 Å². The highest BCUT2D eigenvalue weighted by atomic mass is 32.2. The zero-order valence-electron chi connectivity index (χ0n) is 17.3. The number of hydrogen-bond acceptors (Lipinski definition) is 6. The standard InChI is InChI=1S/C23H21N3O4S2/c1-30-15-7-14-26-22(27)21(16-18-13-12-17-8-5-6-11-20(17)24-18)31-23(26)25-32(28,29)19-9-3-2-4-10-19/h2-6,8-13,16H,7,14-15H2,1H3. The predicted molar refractivity (Wildman–Crippen MR) is 127 cm³/mol. The van der Waals surface area contributed by atoms with Gasteiger partial charge < -0.3 is 4.74 Å². The van der Waals surface area contributed by atoms with Crippen molar-refractivity contribution in [3.05, 3.63) is 77.3 Å². The van der Waals surface area contributed by atoms with Crippen molar-refractivity contribution in [3.8, 4) is 0 Å². The molecular weight excluding hydrogens is 446 g/mol. The van der Waals surface area contributed by atoms with Gasteiger partial charge in [-0.15, -0.1) is 4.40 Å². The summed E-state index contributed by atoms with van der Waals surface area (Å²) >= 11 is 1.03. The van der Waals surface area contributed by atoms with Gasteiger partial charge in [0.15, 0.2) is 5.17 Å². The highest BCUT2D eigenvalue weighted by molar-refractivity contribution is 8.19. The molecule has 2 heterocycles. The number of nitrogens with zero attached hydrogens (tertiary/aromatic N) is 3. The molecule has 0 unspecified atom stereocenters. The van der Waals surface area contributed by atoms with E-state index in [9.17, 15) is 13.2 Å². The van der Waals surface area contributed by atoms with Gasteiger partial charge in [0.2, 0.25) is 0 Å². The quantitative estimate of drug-likeness (QED) is 0.386. The van der Waals surface area contributed by atoms with Crippen molar-refractivity contribution in [2.24, 2.45) is 4.40 Å². The number of para-hydroxylation sites is 1. The molecule has 0 radical (unpaired) electrons. The molecule has 0 saturated carbocycles. The zero-order chi connectivity index (χ0) is 22.6. The molecule has 1 saturated heterocycles. The lowest BCUT2D eigenvalue weighted by molar-refractivity contribution is -0.122. The molecule has 1 aromatic heterocycles. The fourth-order valence-corrected chi connectivity index (χ4v) is 5.40. The number of aromatic nitrogens is 1. The van der Waals surface area contributed by atoms with Crippen LogP contribution < -0.4 is 0 Å². The number of pyridine rings is 1. The number of rotatable bonds is 7. The predicted octanol–water partition coefficient (Wildman–Crippen LogP) is 3.93. The Bertz CT molecular complexity index is 1310. The zero-order valence-corrected chi connectivity index (χ0v) is 19.0. The lowest BCUT2D eigenvalue weighted by atomic mass is 10.2. The molecule has 9 heteroatoms. The number of carbonyl (C=O) groups excluding carboxylic acids is 1. The van der Waals surface area contributed by atoms with Crippen molar-refractivity contribution in [1.82, 2.24) is 9.88 Å². The van der Waals surface area contributed by atoms with Crippen LogP contribution in [0.15, 0.2) is 80.9 Å². The fraction of sp³-hybridized carbons (Fsp3) is 0.174. The van der Waals surface area contributed by atoms with Gasteiger partial charge in [0, 0.05) is 25.6 Å². The molecule has 1 fully saturated rings. The second-order valence-electron chi connectivity index (χ2n) is 7.00. The minimum atomic E-state index is -3.96. The summed E-state index contributed by atoms with van der Waals surface area (Å²) < 4.78 is 34.6. The maximum Gasteiger partial charge on any atom is 0.284 e. The Kier molecular flexibility index (Phi) is 6.69. The van der Waals surface area contributed by atoms with E-state index in [1.165, 1.54) is 17.0 Å². The van der Waals surface area contributed by atoms with Crippen LogP contribution in [0.3, 0.4) is 0 Å². The number of sulfonamides is 1. The minimum Gasteiger partial charge on any atom is -0.385 e. The van der Waals surface area contributed by atoms with Crippen molar-refractivity contribution in [2.45, 2.75) is 11.3 Å². The molecule has 0 spiro atoms. The van der Waals surface area contributed by atoms with Crippen LogP contribution in [0.4, 0.5) is 0 Å². The number of amides is 1. The second-order valence-corrected chi connectivity index (χ2v) is 9.62. The summed E-state index contributed by atoms with van der Waals surface area (Å²) in [6.45, 7) is 0.740. The van der Waals surface area contributed by atoms with Crippen molar-refractivity contribution in [1.29, 1.82) is 0 Å². The summed E-state index contributed by atoms with van der Waals surface area (Å²) in [6.07, 6.45) is 2.22. The molecule has 7 nitrogen and oxygen atoms in total. The van der Waals surface area contributed by atoms with Crippen LogP contribution in [-0.2, 0) is 19.6 Å². The van der Waals surface area contributed by atoms with E-state index in [4.69, 9.17) is 4.74 Å². The third-order valence-electron chi connectivity index (χ3n) is 4.76. The maximum absolute atomic E-state index is 13.1. The van der Waals surface area contributed by atoms with Gasteiger partial charge in [-0.1, -0.05) is 42.5 Å². The molecule has 0 N–H and O–H groups in total. The SMILES string of the molecule is COCCCN1C(=O)C(=Cc2ccc3ccccc3n2)SC1=NS(=O)(=O)c1ccccc1. The summed E-state index contributed by atoms with van der Waals surface area (Å²) in [6, 6.07) is 19.4. The molecule has 3 aromatic rings. The van der Waals surface area contributed by atoms with E-state index >= 15 is 0 Å². The number of thioether (sulfide) groups is 1. The first-order valence-electron chi connectivity index (χ1n) is 9.94. The van der Waals surface area contributed by atoms with Crippen molar-refractivity contribution in [2.75, 3.05) is 20.3 Å². The van der Waals surface area contributed by atoms with E-state index in [1.807, 2.05) is 36.4 Å². The first kappa shape index (κ1) is 22.2. The number of hydrogen-bond donors (Lipinski definition) is 0. The Morgan fingerprint density at radius 2 is 1.81 bits per heavy atom. The maximum atomic E-state index is 13.1. The monoisotopic (exact) mass is 467 g/mol. The molecule has 1 aliphatic heterocycles. The van der Waals surface area contributed by atoms with Crippen LogP contribution in [0.2, 0.25) is 0 Å². The Morgan fingerprint density at radius 3 is 2.59 bits per heavy atom. The van der Waals surface area contributed by atoms with Gasteiger partial charge in [-0.05, 0) is 48.5 Å². The molecule has 2 aromatic carbocycles. The van der Waals surface area contributed by atoms with Gasteiger partial charge in [-0.2, -0.15) is 8.42 Å². The minimum absolute atomic E-state index is 0.0750. The first-order chi connectivity index (χ1) is 15.5. The van der Waals surface area contributed by atoms with Crippen molar-refractivity contribution >= 4 is 49.8 Å². The summed E-state index contributed by atoms with van der Waals surface area (Å²) in [4.78, 5) is 19.5. The Balaban J connectivity index is 1.69. The summed E-state index contributed by atoms with van der Waals surface area (Å²) in [5, 5.41) is 1.12. The first-order valence-corrected chi connectivity index (χ1v) is 12.2. The highest BCUT2D eigenvalue weighted by Gasteiger charge is 2.34. The van der Waals surface area contributed by atoms with Crippen LogP contribution in [0.1, 0.15) is 12.1 Å². The molecule has 1 aliphatic rings. The lowest BCUT2D eigenvalue weighted by Gasteiger charge is -2.15. The number of benzene rings is 2. The average Bonchev–Trinajstić information content (AvgIpc) is 3.08. The van der Waals surface area contributed by atoms with E-state index in [-0.39, 0.29) is 16.0 Å². The van der Waals surface area contributed by atoms with Gasteiger partial charge in [0.1, 0.15) is 0 Å². The molecular formula is C23H21N3O4S2. The molecule has 32 heavy (non-hydrogen) atoms. The molecule has 164 valence electrons. The Hall–Kier alpha value is -3.01. The van der Waals surface area contributed by atoms with Gasteiger partial charge in [0.25, 0.3) is 15.9 Å². The third-order valence-corrected chi connectivity index (χ3v) is 7.16. The lowest BCUT2D eigenvalue weighted by Crippen LogP contribution is -2.31. The molecule has 0 atom stereocenters. The summed E-state index contributed by atoms with van der Waals surface area (Å²) in [5.41, 5.74) is 1.43. The van der Waals surface area contributed by atoms with Gasteiger partial charge in [-0.25, -0.2) is 4.98 Å². The van der Waals surface area contributed by atoms with Crippen molar-refractivity contribution in [3.63, 3.8) is 0 Å². The fourth-order valence-electron chi connectivity index (χ4n) is 3.18. The van der Waals surface area contributed by atoms with E-state index in [2.05, 4.69) is 9.38 Å². The number of ether oxygens (including phenoxy) is 1. The molecule has 0 bridgehead atoms. The number of methoxy groups -OCH3 is 1. The highest BCUT2D eigenvalue weighted by Crippen LogP contribution is 2.34. The van der Waals surface area contributed by atoms with Crippen LogP contribution in [0, 0.1) is 0 Å². The summed E-state index contributed by atoms with van der Waals surface area (Å²) in [5.74, 6) is -0.303. The normalized spacial score (nSPS) is 17.0. The van der Waals surface area contributed by atoms with Crippen molar-refractivity contribution < 1.29 is 17.9 Å². The van der Waals surface area contributed by atoms with Crippen LogP contribution >= 0.6 is 11.8 Å². The van der Waals surface area contributed by atoms with Crippen LogP contribution in [0.25, 0.3) is 17.0 Å². The molecule has 0 aliphatic carbocycles. The van der Waals surface area contributed by atoms with Gasteiger partial charge >= 0.3 is 0 Å². The second kappa shape index (κ2) is 9.64.